The van der Waals surface area contributed by atoms with Crippen molar-refractivity contribution in [1.29, 1.82) is 0 Å². The van der Waals surface area contributed by atoms with Crippen molar-refractivity contribution in [2.45, 2.75) is 32.6 Å². The van der Waals surface area contributed by atoms with Crippen molar-refractivity contribution in [2.75, 3.05) is 0 Å². The van der Waals surface area contributed by atoms with Gasteiger partial charge < -0.3 is 9.52 Å². The molecule has 0 unspecified atom stereocenters. The molecule has 0 bridgehead atoms. The SMILES string of the molecule is CCC(CC)c1nc2ccc(O)cc2o1. The van der Waals surface area contributed by atoms with Gasteiger partial charge in [-0.25, -0.2) is 4.98 Å². The highest BCUT2D eigenvalue weighted by Gasteiger charge is 2.14. The number of fused-ring (bicyclic) bond motifs is 1. The molecular formula is C12H15NO2. The largest absolute Gasteiger partial charge is 0.508 e. The molecule has 0 saturated heterocycles. The molecule has 3 heteroatoms. The molecule has 0 aliphatic heterocycles. The summed E-state index contributed by atoms with van der Waals surface area (Å²) in [5.41, 5.74) is 1.48. The summed E-state index contributed by atoms with van der Waals surface area (Å²) in [6.45, 7) is 4.25. The summed E-state index contributed by atoms with van der Waals surface area (Å²) in [7, 11) is 0. The summed E-state index contributed by atoms with van der Waals surface area (Å²) in [6.07, 6.45) is 2.05. The minimum atomic E-state index is 0.217. The van der Waals surface area contributed by atoms with Gasteiger partial charge in [0.25, 0.3) is 0 Å². The maximum Gasteiger partial charge on any atom is 0.198 e. The molecule has 0 amide bonds. The number of rotatable bonds is 3. The summed E-state index contributed by atoms with van der Waals surface area (Å²) in [6, 6.07) is 5.01. The van der Waals surface area contributed by atoms with Gasteiger partial charge in [0.05, 0.1) is 0 Å². The summed E-state index contributed by atoms with van der Waals surface area (Å²) in [5, 5.41) is 9.30. The topological polar surface area (TPSA) is 46.3 Å². The molecule has 0 atom stereocenters. The van der Waals surface area contributed by atoms with Crippen molar-refractivity contribution in [3.8, 4) is 5.75 Å². The lowest BCUT2D eigenvalue weighted by atomic mass is 10.0. The minimum absolute atomic E-state index is 0.217. The van der Waals surface area contributed by atoms with Crippen LogP contribution in [0.25, 0.3) is 11.1 Å². The summed E-state index contributed by atoms with van der Waals surface area (Å²) in [5.74, 6) is 1.37. The Kier molecular flexibility index (Phi) is 2.62. The van der Waals surface area contributed by atoms with Gasteiger partial charge in [-0.15, -0.1) is 0 Å². The zero-order chi connectivity index (χ0) is 10.8. The number of phenolic OH excluding ortho intramolecular Hbond substituents is 1. The maximum atomic E-state index is 9.30. The van der Waals surface area contributed by atoms with Crippen LogP contribution < -0.4 is 0 Å². The van der Waals surface area contributed by atoms with E-state index in [9.17, 15) is 5.11 Å². The average molecular weight is 205 g/mol. The van der Waals surface area contributed by atoms with E-state index in [4.69, 9.17) is 4.42 Å². The molecule has 0 spiro atoms. The third-order valence-corrected chi connectivity index (χ3v) is 2.72. The average Bonchev–Trinajstić information content (AvgIpc) is 2.62. The first kappa shape index (κ1) is 10.0. The van der Waals surface area contributed by atoms with Gasteiger partial charge in [-0.3, -0.25) is 0 Å². The van der Waals surface area contributed by atoms with Gasteiger partial charge in [0.15, 0.2) is 11.5 Å². The van der Waals surface area contributed by atoms with E-state index in [2.05, 4.69) is 18.8 Å². The zero-order valence-corrected chi connectivity index (χ0v) is 9.03. The number of phenols is 1. The molecule has 0 radical (unpaired) electrons. The fraction of sp³-hybridized carbons (Fsp3) is 0.417. The Balaban J connectivity index is 2.46. The standard InChI is InChI=1S/C12H15NO2/c1-3-8(4-2)12-13-10-6-5-9(14)7-11(10)15-12/h5-8,14H,3-4H2,1-2H3. The van der Waals surface area contributed by atoms with Crippen molar-refractivity contribution in [3.05, 3.63) is 24.1 Å². The predicted octanol–water partition coefficient (Wildman–Crippen LogP) is 3.44. The Morgan fingerprint density at radius 1 is 1.33 bits per heavy atom. The van der Waals surface area contributed by atoms with Crippen molar-refractivity contribution >= 4 is 11.1 Å². The first-order valence-corrected chi connectivity index (χ1v) is 5.34. The Hall–Kier alpha value is -1.51. The third kappa shape index (κ3) is 1.82. The van der Waals surface area contributed by atoms with Crippen molar-refractivity contribution < 1.29 is 9.52 Å². The van der Waals surface area contributed by atoms with Crippen molar-refractivity contribution in [1.82, 2.24) is 4.98 Å². The third-order valence-electron chi connectivity index (χ3n) is 2.72. The number of oxazole rings is 1. The molecule has 1 heterocycles. The Bertz CT molecular complexity index is 458. The Morgan fingerprint density at radius 3 is 2.73 bits per heavy atom. The molecule has 0 aliphatic rings. The second kappa shape index (κ2) is 3.93. The Labute approximate surface area is 88.7 Å². The highest BCUT2D eigenvalue weighted by Crippen LogP contribution is 2.27. The summed E-state index contributed by atoms with van der Waals surface area (Å²) < 4.78 is 5.62. The normalized spacial score (nSPS) is 11.4. The highest BCUT2D eigenvalue weighted by atomic mass is 16.3. The monoisotopic (exact) mass is 205 g/mol. The van der Waals surface area contributed by atoms with Crippen LogP contribution in [0.1, 0.15) is 38.5 Å². The van der Waals surface area contributed by atoms with E-state index in [1.807, 2.05) is 0 Å². The van der Waals surface area contributed by atoms with E-state index in [1.54, 1.807) is 18.2 Å². The first-order chi connectivity index (χ1) is 7.24. The molecule has 1 aromatic carbocycles. The van der Waals surface area contributed by atoms with Crippen LogP contribution in [0.3, 0.4) is 0 Å². The maximum absolute atomic E-state index is 9.30. The van der Waals surface area contributed by atoms with Crippen LogP contribution in [-0.4, -0.2) is 10.1 Å². The quantitative estimate of drug-likeness (QED) is 0.834. The van der Waals surface area contributed by atoms with Crippen molar-refractivity contribution in [2.24, 2.45) is 0 Å². The first-order valence-electron chi connectivity index (χ1n) is 5.34. The number of hydrogen-bond acceptors (Lipinski definition) is 3. The lowest BCUT2D eigenvalue weighted by Gasteiger charge is -2.05. The van der Waals surface area contributed by atoms with Crippen LogP contribution >= 0.6 is 0 Å². The van der Waals surface area contributed by atoms with Gasteiger partial charge >= 0.3 is 0 Å². The lowest BCUT2D eigenvalue weighted by Crippen LogP contribution is -1.94. The van der Waals surface area contributed by atoms with Crippen LogP contribution in [-0.2, 0) is 0 Å². The van der Waals surface area contributed by atoms with Crippen LogP contribution in [0.4, 0.5) is 0 Å². The van der Waals surface area contributed by atoms with E-state index in [0.29, 0.717) is 11.5 Å². The van der Waals surface area contributed by atoms with E-state index in [-0.39, 0.29) is 5.75 Å². The summed E-state index contributed by atoms with van der Waals surface area (Å²) >= 11 is 0. The predicted molar refractivity (Wildman–Crippen MR) is 59.0 cm³/mol. The van der Waals surface area contributed by atoms with Crippen molar-refractivity contribution in [3.63, 3.8) is 0 Å². The molecule has 0 aliphatic carbocycles. The second-order valence-electron chi connectivity index (χ2n) is 3.72. The smallest absolute Gasteiger partial charge is 0.198 e. The highest BCUT2D eigenvalue weighted by molar-refractivity contribution is 5.74. The molecule has 0 fully saturated rings. The molecule has 80 valence electrons. The zero-order valence-electron chi connectivity index (χ0n) is 9.03. The van der Waals surface area contributed by atoms with Crippen LogP contribution in [0, 0.1) is 0 Å². The second-order valence-corrected chi connectivity index (χ2v) is 3.72. The molecular weight excluding hydrogens is 190 g/mol. The van der Waals surface area contributed by atoms with Crippen LogP contribution in [0.15, 0.2) is 22.6 Å². The minimum Gasteiger partial charge on any atom is -0.508 e. The molecule has 2 rings (SSSR count). The molecule has 1 aromatic heterocycles. The number of hydrogen-bond donors (Lipinski definition) is 1. The number of benzene rings is 1. The molecule has 1 N–H and O–H groups in total. The fourth-order valence-electron chi connectivity index (χ4n) is 1.74. The lowest BCUT2D eigenvalue weighted by molar-refractivity contribution is 0.449. The molecule has 0 saturated carbocycles. The van der Waals surface area contributed by atoms with Crippen LogP contribution in [0.2, 0.25) is 0 Å². The molecule has 3 nitrogen and oxygen atoms in total. The molecule has 15 heavy (non-hydrogen) atoms. The van der Waals surface area contributed by atoms with Gasteiger partial charge in [-0.1, -0.05) is 13.8 Å². The van der Waals surface area contributed by atoms with Gasteiger partial charge in [0.1, 0.15) is 11.3 Å². The van der Waals surface area contributed by atoms with Gasteiger partial charge in [0.2, 0.25) is 0 Å². The van der Waals surface area contributed by atoms with Gasteiger partial charge in [0, 0.05) is 12.0 Å². The van der Waals surface area contributed by atoms with Gasteiger partial charge in [-0.2, -0.15) is 0 Å². The fourth-order valence-corrected chi connectivity index (χ4v) is 1.74. The molecule has 2 aromatic rings. The summed E-state index contributed by atoms with van der Waals surface area (Å²) in [4.78, 5) is 4.42. The van der Waals surface area contributed by atoms with E-state index >= 15 is 0 Å². The number of aromatic nitrogens is 1. The van der Waals surface area contributed by atoms with E-state index < -0.39 is 0 Å². The Morgan fingerprint density at radius 2 is 2.07 bits per heavy atom. The van der Waals surface area contributed by atoms with E-state index in [0.717, 1.165) is 24.2 Å². The number of nitrogens with zero attached hydrogens (tertiary/aromatic N) is 1. The van der Waals surface area contributed by atoms with E-state index in [1.165, 1.54) is 0 Å². The van der Waals surface area contributed by atoms with Crippen LogP contribution in [0.5, 0.6) is 5.75 Å². The van der Waals surface area contributed by atoms with Gasteiger partial charge in [-0.05, 0) is 25.0 Å². The number of aromatic hydroxyl groups is 1.